The molecule has 2 aliphatic rings. The molecule has 0 aromatic rings. The summed E-state index contributed by atoms with van der Waals surface area (Å²) >= 11 is 0. The van der Waals surface area contributed by atoms with E-state index in [1.807, 2.05) is 0 Å². The molecule has 1 N–H and O–H groups in total. The van der Waals surface area contributed by atoms with Gasteiger partial charge in [-0.25, -0.2) is 0 Å². The Morgan fingerprint density at radius 3 is 2.85 bits per heavy atom. The van der Waals surface area contributed by atoms with Crippen LogP contribution in [-0.4, -0.2) is 36.1 Å². The highest BCUT2D eigenvalue weighted by Gasteiger charge is 2.34. The summed E-state index contributed by atoms with van der Waals surface area (Å²) in [6, 6.07) is 1.77. The number of hydrogen-bond acceptors (Lipinski definition) is 2. The molecular formula is C11H18N2. The van der Waals surface area contributed by atoms with Crippen molar-refractivity contribution in [2.24, 2.45) is 0 Å². The van der Waals surface area contributed by atoms with Crippen LogP contribution in [-0.2, 0) is 0 Å². The van der Waals surface area contributed by atoms with E-state index >= 15 is 0 Å². The summed E-state index contributed by atoms with van der Waals surface area (Å²) < 4.78 is 0. The number of rotatable bonds is 3. The maximum atomic E-state index is 5.33. The zero-order chi connectivity index (χ0) is 9.26. The average Bonchev–Trinajstić information content (AvgIpc) is 2.88. The summed E-state index contributed by atoms with van der Waals surface area (Å²) in [4.78, 5) is 2.60. The Morgan fingerprint density at radius 1 is 1.46 bits per heavy atom. The Hall–Kier alpha value is -0.520. The van der Waals surface area contributed by atoms with E-state index in [4.69, 9.17) is 6.42 Å². The first kappa shape index (κ1) is 9.05. The van der Waals surface area contributed by atoms with Gasteiger partial charge < -0.3 is 0 Å². The van der Waals surface area contributed by atoms with Crippen LogP contribution in [0.2, 0.25) is 0 Å². The molecule has 0 bridgehead atoms. The van der Waals surface area contributed by atoms with Crippen LogP contribution in [0.15, 0.2) is 0 Å². The fourth-order valence-corrected chi connectivity index (χ4v) is 2.10. The summed E-state index contributed by atoms with van der Waals surface area (Å²) in [5.41, 5.74) is 0. The minimum absolute atomic E-state index is 0.226. The fourth-order valence-electron chi connectivity index (χ4n) is 2.10. The van der Waals surface area contributed by atoms with Crippen LogP contribution in [0.4, 0.5) is 0 Å². The molecule has 2 atom stereocenters. The third-order valence-corrected chi connectivity index (χ3v) is 3.02. The largest absolute Gasteiger partial charge is 0.300 e. The third-order valence-electron chi connectivity index (χ3n) is 3.02. The monoisotopic (exact) mass is 178 g/mol. The zero-order valence-electron chi connectivity index (χ0n) is 8.29. The predicted molar refractivity (Wildman–Crippen MR) is 54.4 cm³/mol. The van der Waals surface area contributed by atoms with Crippen LogP contribution >= 0.6 is 0 Å². The van der Waals surface area contributed by atoms with Gasteiger partial charge in [-0.3, -0.25) is 10.2 Å². The number of hydrogen-bond donors (Lipinski definition) is 1. The number of likely N-dealkylation sites (tertiary alicyclic amines) is 1. The van der Waals surface area contributed by atoms with Crippen molar-refractivity contribution in [3.63, 3.8) is 0 Å². The van der Waals surface area contributed by atoms with Crippen molar-refractivity contribution in [1.82, 2.24) is 10.2 Å². The van der Waals surface area contributed by atoms with Crippen molar-refractivity contribution in [3.05, 3.63) is 0 Å². The van der Waals surface area contributed by atoms with Crippen molar-refractivity contribution in [2.75, 3.05) is 13.1 Å². The Bertz CT molecular complexity index is 215. The molecule has 0 radical (unpaired) electrons. The first-order chi connectivity index (χ1) is 6.29. The Kier molecular flexibility index (Phi) is 2.57. The molecule has 0 spiro atoms. The van der Waals surface area contributed by atoms with Gasteiger partial charge in [0.2, 0.25) is 0 Å². The predicted octanol–water partition coefficient (Wildman–Crippen LogP) is 0.834. The van der Waals surface area contributed by atoms with Gasteiger partial charge in [-0.05, 0) is 26.2 Å². The lowest BCUT2D eigenvalue weighted by atomic mass is 10.2. The number of nitrogens with one attached hydrogen (secondary N) is 1. The molecule has 0 amide bonds. The number of terminal acetylenes is 1. The molecule has 1 saturated carbocycles. The van der Waals surface area contributed by atoms with Gasteiger partial charge in [0.15, 0.2) is 0 Å². The second-order valence-electron chi connectivity index (χ2n) is 4.27. The van der Waals surface area contributed by atoms with E-state index in [0.29, 0.717) is 6.04 Å². The molecule has 1 aliphatic heterocycles. The Labute approximate surface area is 80.7 Å². The highest BCUT2D eigenvalue weighted by molar-refractivity contribution is 4.99. The molecule has 2 fully saturated rings. The van der Waals surface area contributed by atoms with Gasteiger partial charge in [0, 0.05) is 25.2 Å². The summed E-state index contributed by atoms with van der Waals surface area (Å²) in [5.74, 6) is 2.72. The SMILES string of the molecule is C#CC(C)NC1CCN(C2CC2)C1. The smallest absolute Gasteiger partial charge is 0.0660 e. The van der Waals surface area contributed by atoms with Crippen molar-refractivity contribution in [1.29, 1.82) is 0 Å². The molecule has 2 heteroatoms. The maximum absolute atomic E-state index is 5.33. The molecule has 13 heavy (non-hydrogen) atoms. The topological polar surface area (TPSA) is 15.3 Å². The van der Waals surface area contributed by atoms with Gasteiger partial charge in [0.05, 0.1) is 6.04 Å². The minimum Gasteiger partial charge on any atom is -0.300 e. The summed E-state index contributed by atoms with van der Waals surface area (Å²) in [6.45, 7) is 4.52. The zero-order valence-corrected chi connectivity index (χ0v) is 8.29. The first-order valence-corrected chi connectivity index (χ1v) is 5.26. The molecule has 2 rings (SSSR count). The quantitative estimate of drug-likeness (QED) is 0.644. The normalized spacial score (nSPS) is 31.5. The lowest BCUT2D eigenvalue weighted by Crippen LogP contribution is -2.38. The standard InChI is InChI=1S/C11H18N2/c1-3-9(2)12-10-6-7-13(8-10)11-4-5-11/h1,9-12H,4-8H2,2H3. The van der Waals surface area contributed by atoms with E-state index < -0.39 is 0 Å². The van der Waals surface area contributed by atoms with Gasteiger partial charge in [-0.1, -0.05) is 5.92 Å². The Balaban J connectivity index is 1.74. The van der Waals surface area contributed by atoms with Gasteiger partial charge in [-0.2, -0.15) is 0 Å². The van der Waals surface area contributed by atoms with Crippen molar-refractivity contribution in [2.45, 2.75) is 44.3 Å². The molecule has 0 aromatic carbocycles. The van der Waals surface area contributed by atoms with E-state index in [0.717, 1.165) is 6.04 Å². The second kappa shape index (κ2) is 3.69. The highest BCUT2D eigenvalue weighted by Crippen LogP contribution is 2.29. The number of nitrogens with zero attached hydrogens (tertiary/aromatic N) is 1. The first-order valence-electron chi connectivity index (χ1n) is 5.26. The van der Waals surface area contributed by atoms with Crippen LogP contribution in [0.3, 0.4) is 0 Å². The van der Waals surface area contributed by atoms with Gasteiger partial charge in [0.1, 0.15) is 0 Å². The third kappa shape index (κ3) is 2.24. The highest BCUT2D eigenvalue weighted by atomic mass is 15.2. The van der Waals surface area contributed by atoms with E-state index in [-0.39, 0.29) is 6.04 Å². The van der Waals surface area contributed by atoms with Crippen LogP contribution in [0.25, 0.3) is 0 Å². The lowest BCUT2D eigenvalue weighted by Gasteiger charge is -2.17. The molecule has 2 nitrogen and oxygen atoms in total. The lowest BCUT2D eigenvalue weighted by molar-refractivity contribution is 0.316. The molecule has 2 unspecified atom stereocenters. The molecule has 0 aromatic heterocycles. The van der Waals surface area contributed by atoms with Gasteiger partial charge in [-0.15, -0.1) is 6.42 Å². The Morgan fingerprint density at radius 2 is 2.23 bits per heavy atom. The fraction of sp³-hybridized carbons (Fsp3) is 0.818. The van der Waals surface area contributed by atoms with E-state index in [1.165, 1.54) is 32.4 Å². The molecule has 1 aliphatic carbocycles. The molecule has 1 heterocycles. The second-order valence-corrected chi connectivity index (χ2v) is 4.27. The minimum atomic E-state index is 0.226. The summed E-state index contributed by atoms with van der Waals surface area (Å²) in [7, 11) is 0. The van der Waals surface area contributed by atoms with Crippen LogP contribution in [0.5, 0.6) is 0 Å². The molecular weight excluding hydrogens is 160 g/mol. The van der Waals surface area contributed by atoms with Gasteiger partial charge in [0.25, 0.3) is 0 Å². The van der Waals surface area contributed by atoms with Crippen molar-refractivity contribution < 1.29 is 0 Å². The maximum Gasteiger partial charge on any atom is 0.0660 e. The van der Waals surface area contributed by atoms with E-state index in [2.05, 4.69) is 23.1 Å². The van der Waals surface area contributed by atoms with Gasteiger partial charge >= 0.3 is 0 Å². The van der Waals surface area contributed by atoms with Crippen molar-refractivity contribution in [3.8, 4) is 12.3 Å². The van der Waals surface area contributed by atoms with Crippen LogP contribution in [0, 0.1) is 12.3 Å². The van der Waals surface area contributed by atoms with E-state index in [1.54, 1.807) is 0 Å². The summed E-state index contributed by atoms with van der Waals surface area (Å²) in [5, 5.41) is 3.46. The van der Waals surface area contributed by atoms with Crippen LogP contribution in [0.1, 0.15) is 26.2 Å². The molecule has 1 saturated heterocycles. The average molecular weight is 178 g/mol. The summed E-state index contributed by atoms with van der Waals surface area (Å²) in [6.07, 6.45) is 9.43. The van der Waals surface area contributed by atoms with E-state index in [9.17, 15) is 0 Å². The molecule has 72 valence electrons. The van der Waals surface area contributed by atoms with Crippen molar-refractivity contribution >= 4 is 0 Å². The van der Waals surface area contributed by atoms with Crippen LogP contribution < -0.4 is 5.32 Å².